The fraction of sp³-hybridized carbons (Fsp3) is 0.960. The molecule has 1 aliphatic rings. The monoisotopic (exact) mass is 395 g/mol. The molecular formula is C25H49NO2. The normalized spacial score (nSPS) is 15.7. The Morgan fingerprint density at radius 3 is 1.61 bits per heavy atom. The number of unbranched alkanes of at least 4 members (excludes halogenated alkanes) is 15. The van der Waals surface area contributed by atoms with Crippen molar-refractivity contribution < 1.29 is 9.53 Å². The number of rotatable bonds is 21. The summed E-state index contributed by atoms with van der Waals surface area (Å²) in [4.78, 5) is 14.7. The molecular weight excluding hydrogens is 346 g/mol. The number of carbonyl (C=O) groups excluding carboxylic acids is 1. The fourth-order valence-electron chi connectivity index (χ4n) is 3.92. The van der Waals surface area contributed by atoms with Crippen LogP contribution in [-0.2, 0) is 9.53 Å². The van der Waals surface area contributed by atoms with E-state index in [2.05, 4.69) is 18.7 Å². The van der Waals surface area contributed by atoms with E-state index >= 15 is 0 Å². The summed E-state index contributed by atoms with van der Waals surface area (Å²) in [5.74, 6) is 0.362. The maximum Gasteiger partial charge on any atom is 0.222 e. The maximum absolute atomic E-state index is 12.6. The van der Waals surface area contributed by atoms with E-state index < -0.39 is 0 Å². The SMILES string of the molecule is CCCCCCCCCCCC(=O)N(CCCCCCCCCC)CC1CO1. The van der Waals surface area contributed by atoms with Crippen LogP contribution in [0.4, 0.5) is 0 Å². The fourth-order valence-corrected chi connectivity index (χ4v) is 3.92. The van der Waals surface area contributed by atoms with E-state index in [0.717, 1.165) is 39.0 Å². The number of carbonyl (C=O) groups is 1. The highest BCUT2D eigenvalue weighted by atomic mass is 16.6. The van der Waals surface area contributed by atoms with E-state index in [1.807, 2.05) is 0 Å². The molecule has 1 aliphatic heterocycles. The lowest BCUT2D eigenvalue weighted by Crippen LogP contribution is -2.35. The molecule has 0 bridgehead atoms. The first kappa shape index (κ1) is 25.5. The quantitative estimate of drug-likeness (QED) is 0.151. The summed E-state index contributed by atoms with van der Waals surface area (Å²) in [6.07, 6.45) is 23.4. The van der Waals surface area contributed by atoms with Crippen molar-refractivity contribution in [3.63, 3.8) is 0 Å². The van der Waals surface area contributed by atoms with E-state index in [9.17, 15) is 4.79 Å². The van der Waals surface area contributed by atoms with E-state index in [1.54, 1.807) is 0 Å². The van der Waals surface area contributed by atoms with E-state index in [-0.39, 0.29) is 0 Å². The van der Waals surface area contributed by atoms with Gasteiger partial charge in [-0.15, -0.1) is 0 Å². The van der Waals surface area contributed by atoms with E-state index in [0.29, 0.717) is 12.0 Å². The van der Waals surface area contributed by atoms with E-state index in [1.165, 1.54) is 96.3 Å². The summed E-state index contributed by atoms with van der Waals surface area (Å²) in [6, 6.07) is 0. The van der Waals surface area contributed by atoms with Crippen molar-refractivity contribution in [3.8, 4) is 0 Å². The Morgan fingerprint density at radius 1 is 0.714 bits per heavy atom. The third kappa shape index (κ3) is 15.4. The van der Waals surface area contributed by atoms with Gasteiger partial charge in [0.25, 0.3) is 0 Å². The molecule has 3 nitrogen and oxygen atoms in total. The lowest BCUT2D eigenvalue weighted by atomic mass is 10.1. The third-order valence-electron chi connectivity index (χ3n) is 5.95. The molecule has 0 aromatic rings. The first-order valence-corrected chi connectivity index (χ1v) is 12.7. The van der Waals surface area contributed by atoms with Crippen molar-refractivity contribution in [2.75, 3.05) is 19.7 Å². The van der Waals surface area contributed by atoms with Crippen LogP contribution >= 0.6 is 0 Å². The van der Waals surface area contributed by atoms with Gasteiger partial charge < -0.3 is 9.64 Å². The van der Waals surface area contributed by atoms with Gasteiger partial charge in [0.15, 0.2) is 0 Å². The second-order valence-corrected chi connectivity index (χ2v) is 8.85. The van der Waals surface area contributed by atoms with E-state index in [4.69, 9.17) is 4.74 Å². The lowest BCUT2D eigenvalue weighted by molar-refractivity contribution is -0.131. The number of nitrogens with zero attached hydrogens (tertiary/aromatic N) is 1. The molecule has 1 atom stereocenters. The molecule has 0 radical (unpaired) electrons. The molecule has 1 fully saturated rings. The Morgan fingerprint density at radius 2 is 1.14 bits per heavy atom. The first-order chi connectivity index (χ1) is 13.8. The molecule has 166 valence electrons. The molecule has 3 heteroatoms. The van der Waals surface area contributed by atoms with Crippen molar-refractivity contribution in [2.24, 2.45) is 0 Å². The topological polar surface area (TPSA) is 32.8 Å². The van der Waals surface area contributed by atoms with Crippen LogP contribution in [-0.4, -0.2) is 36.6 Å². The summed E-state index contributed by atoms with van der Waals surface area (Å²) in [5, 5.41) is 0. The zero-order valence-corrected chi connectivity index (χ0v) is 19.2. The molecule has 0 aliphatic carbocycles. The second kappa shape index (κ2) is 18.5. The molecule has 0 saturated carbocycles. The van der Waals surface area contributed by atoms with Gasteiger partial charge in [-0.3, -0.25) is 4.79 Å². The Kier molecular flexibility index (Phi) is 16.8. The lowest BCUT2D eigenvalue weighted by Gasteiger charge is -2.22. The van der Waals surface area contributed by atoms with Gasteiger partial charge in [0.1, 0.15) is 0 Å². The summed E-state index contributed by atoms with van der Waals surface area (Å²) in [6.45, 7) is 7.14. The molecule has 0 spiro atoms. The average molecular weight is 396 g/mol. The Hall–Kier alpha value is -0.570. The first-order valence-electron chi connectivity index (χ1n) is 12.7. The average Bonchev–Trinajstić information content (AvgIpc) is 3.51. The highest BCUT2D eigenvalue weighted by Crippen LogP contribution is 2.16. The van der Waals surface area contributed by atoms with Crippen LogP contribution in [0.5, 0.6) is 0 Å². The maximum atomic E-state index is 12.6. The minimum Gasteiger partial charge on any atom is -0.371 e. The molecule has 1 amide bonds. The van der Waals surface area contributed by atoms with Crippen LogP contribution in [0.25, 0.3) is 0 Å². The standard InChI is InChI=1S/C25H49NO2/c1-3-5-7-9-11-13-14-16-18-20-25(27)26(22-24-23-28-24)21-19-17-15-12-10-8-6-4-2/h24H,3-23H2,1-2H3. The van der Waals surface area contributed by atoms with Crippen LogP contribution in [0.3, 0.4) is 0 Å². The van der Waals surface area contributed by atoms with Gasteiger partial charge in [-0.1, -0.05) is 110 Å². The Bertz CT molecular complexity index is 354. The minimum atomic E-state index is 0.320. The van der Waals surface area contributed by atoms with Crippen LogP contribution in [0.2, 0.25) is 0 Å². The minimum absolute atomic E-state index is 0.320. The molecule has 1 rings (SSSR count). The number of amides is 1. The van der Waals surface area contributed by atoms with Crippen molar-refractivity contribution in [2.45, 2.75) is 136 Å². The summed E-state index contributed by atoms with van der Waals surface area (Å²) < 4.78 is 5.38. The predicted octanol–water partition coefficient (Wildman–Crippen LogP) is 7.28. The Balaban J connectivity index is 2.03. The molecule has 1 saturated heterocycles. The second-order valence-electron chi connectivity index (χ2n) is 8.85. The zero-order valence-electron chi connectivity index (χ0n) is 19.2. The van der Waals surface area contributed by atoms with Gasteiger partial charge in [-0.25, -0.2) is 0 Å². The summed E-state index contributed by atoms with van der Waals surface area (Å²) in [5.41, 5.74) is 0. The number of hydrogen-bond donors (Lipinski definition) is 0. The van der Waals surface area contributed by atoms with Gasteiger partial charge in [0.2, 0.25) is 5.91 Å². The largest absolute Gasteiger partial charge is 0.371 e. The number of epoxide rings is 1. The molecule has 1 heterocycles. The highest BCUT2D eigenvalue weighted by Gasteiger charge is 2.27. The van der Waals surface area contributed by atoms with Gasteiger partial charge in [-0.2, -0.15) is 0 Å². The van der Waals surface area contributed by atoms with Crippen LogP contribution in [0.1, 0.15) is 129 Å². The van der Waals surface area contributed by atoms with Crippen LogP contribution < -0.4 is 0 Å². The third-order valence-corrected chi connectivity index (χ3v) is 5.95. The number of hydrogen-bond acceptors (Lipinski definition) is 2. The van der Waals surface area contributed by atoms with Crippen molar-refractivity contribution in [1.82, 2.24) is 4.90 Å². The summed E-state index contributed by atoms with van der Waals surface area (Å²) in [7, 11) is 0. The smallest absolute Gasteiger partial charge is 0.222 e. The zero-order chi connectivity index (χ0) is 20.3. The van der Waals surface area contributed by atoms with Crippen molar-refractivity contribution in [3.05, 3.63) is 0 Å². The van der Waals surface area contributed by atoms with Crippen molar-refractivity contribution in [1.29, 1.82) is 0 Å². The molecule has 0 N–H and O–H groups in total. The van der Waals surface area contributed by atoms with Crippen molar-refractivity contribution >= 4 is 5.91 Å². The van der Waals surface area contributed by atoms with Crippen LogP contribution in [0, 0.1) is 0 Å². The van der Waals surface area contributed by atoms with Gasteiger partial charge in [0, 0.05) is 19.5 Å². The molecule has 1 unspecified atom stereocenters. The Labute approximate surface area is 176 Å². The van der Waals surface area contributed by atoms with Crippen LogP contribution in [0.15, 0.2) is 0 Å². The van der Waals surface area contributed by atoms with Gasteiger partial charge in [-0.05, 0) is 12.8 Å². The molecule has 0 aromatic carbocycles. The number of ether oxygens (including phenoxy) is 1. The predicted molar refractivity (Wildman–Crippen MR) is 121 cm³/mol. The van der Waals surface area contributed by atoms with Gasteiger partial charge in [0.05, 0.1) is 12.7 Å². The molecule has 28 heavy (non-hydrogen) atoms. The summed E-state index contributed by atoms with van der Waals surface area (Å²) >= 11 is 0. The highest BCUT2D eigenvalue weighted by molar-refractivity contribution is 5.76. The van der Waals surface area contributed by atoms with Gasteiger partial charge >= 0.3 is 0 Å². The molecule has 0 aromatic heterocycles.